The maximum atomic E-state index is 12.4. The van der Waals surface area contributed by atoms with Crippen molar-refractivity contribution in [2.24, 2.45) is 0 Å². The molecule has 0 atom stereocenters. The van der Waals surface area contributed by atoms with Crippen LogP contribution >= 0.6 is 0 Å². The lowest BCUT2D eigenvalue weighted by Gasteiger charge is -2.10. The van der Waals surface area contributed by atoms with Crippen molar-refractivity contribution in [2.75, 3.05) is 17.1 Å². The quantitative estimate of drug-likeness (QED) is 0.688. The third-order valence-electron chi connectivity index (χ3n) is 3.71. The lowest BCUT2D eigenvalue weighted by molar-refractivity contribution is 0.415. The highest BCUT2D eigenvalue weighted by Gasteiger charge is 2.13. The van der Waals surface area contributed by atoms with Gasteiger partial charge in [-0.05, 0) is 55.5 Å². The van der Waals surface area contributed by atoms with E-state index in [1.807, 2.05) is 31.2 Å². The highest BCUT2D eigenvalue weighted by Crippen LogP contribution is 2.21. The molecular weight excluding hydrogens is 350 g/mol. The largest absolute Gasteiger partial charge is 0.497 e. The van der Waals surface area contributed by atoms with Crippen LogP contribution in [0.15, 0.2) is 71.8 Å². The monoisotopic (exact) mass is 369 g/mol. The van der Waals surface area contributed by atoms with Crippen molar-refractivity contribution < 1.29 is 13.2 Å². The molecule has 0 amide bonds. The number of hydrogen-bond donors (Lipinski definition) is 2. The lowest BCUT2D eigenvalue weighted by Crippen LogP contribution is -2.13. The van der Waals surface area contributed by atoms with E-state index in [-0.39, 0.29) is 4.90 Å². The summed E-state index contributed by atoms with van der Waals surface area (Å²) in [6.45, 7) is 1.91. The molecule has 3 aromatic rings. The molecule has 6 nitrogen and oxygen atoms in total. The zero-order valence-corrected chi connectivity index (χ0v) is 15.2. The molecule has 134 valence electrons. The smallest absolute Gasteiger partial charge is 0.261 e. The van der Waals surface area contributed by atoms with Crippen LogP contribution < -0.4 is 14.8 Å². The van der Waals surface area contributed by atoms with E-state index in [1.54, 1.807) is 43.5 Å². The van der Waals surface area contributed by atoms with Crippen LogP contribution in [0.3, 0.4) is 0 Å². The van der Waals surface area contributed by atoms with Crippen molar-refractivity contribution in [3.8, 4) is 5.75 Å². The molecule has 7 heteroatoms. The van der Waals surface area contributed by atoms with Gasteiger partial charge in [0, 0.05) is 5.69 Å². The zero-order valence-electron chi connectivity index (χ0n) is 14.4. The standard InChI is InChI=1S/C19H19N3O3S/c1-14-3-10-18(11-4-14)26(23,24)22-16-7-12-19(20-13-16)21-15-5-8-17(25-2)9-6-15/h3-13,22H,1-2H3,(H,20,21). The van der Waals surface area contributed by atoms with Crippen LogP contribution in [0.5, 0.6) is 5.75 Å². The molecule has 1 heterocycles. The van der Waals surface area contributed by atoms with Crippen LogP contribution in [0.25, 0.3) is 0 Å². The zero-order chi connectivity index (χ0) is 18.6. The Morgan fingerprint density at radius 1 is 0.885 bits per heavy atom. The van der Waals surface area contributed by atoms with Crippen LogP contribution in [-0.2, 0) is 10.0 Å². The molecule has 3 rings (SSSR count). The Bertz CT molecular complexity index is 968. The van der Waals surface area contributed by atoms with Gasteiger partial charge < -0.3 is 10.1 Å². The van der Waals surface area contributed by atoms with Crippen molar-refractivity contribution in [3.05, 3.63) is 72.4 Å². The number of anilines is 3. The molecule has 0 saturated carbocycles. The Balaban J connectivity index is 1.69. The number of hydrogen-bond acceptors (Lipinski definition) is 5. The third-order valence-corrected chi connectivity index (χ3v) is 5.11. The molecule has 0 bridgehead atoms. The SMILES string of the molecule is COc1ccc(Nc2ccc(NS(=O)(=O)c3ccc(C)cc3)cn2)cc1. The number of sulfonamides is 1. The number of aromatic nitrogens is 1. The second-order valence-corrected chi connectivity index (χ2v) is 7.39. The van der Waals surface area contributed by atoms with Gasteiger partial charge in [0.05, 0.1) is 23.9 Å². The maximum absolute atomic E-state index is 12.4. The predicted molar refractivity (Wildman–Crippen MR) is 103 cm³/mol. The van der Waals surface area contributed by atoms with E-state index in [0.29, 0.717) is 11.5 Å². The Morgan fingerprint density at radius 2 is 1.54 bits per heavy atom. The third kappa shape index (κ3) is 4.31. The normalized spacial score (nSPS) is 11.0. The van der Waals surface area contributed by atoms with E-state index < -0.39 is 10.0 Å². The summed E-state index contributed by atoms with van der Waals surface area (Å²) in [6, 6.07) is 17.4. The minimum atomic E-state index is -3.63. The van der Waals surface area contributed by atoms with Crippen molar-refractivity contribution in [2.45, 2.75) is 11.8 Å². The van der Waals surface area contributed by atoms with Gasteiger partial charge in [-0.1, -0.05) is 17.7 Å². The highest BCUT2D eigenvalue weighted by atomic mass is 32.2. The van der Waals surface area contributed by atoms with E-state index in [4.69, 9.17) is 4.74 Å². The van der Waals surface area contributed by atoms with Crippen LogP contribution in [0, 0.1) is 6.92 Å². The first-order chi connectivity index (χ1) is 12.5. The molecule has 0 aliphatic rings. The minimum absolute atomic E-state index is 0.212. The van der Waals surface area contributed by atoms with E-state index in [0.717, 1.165) is 17.0 Å². The molecule has 0 aliphatic heterocycles. The van der Waals surface area contributed by atoms with Gasteiger partial charge in [-0.2, -0.15) is 0 Å². The Labute approximate surface area is 152 Å². The Morgan fingerprint density at radius 3 is 2.12 bits per heavy atom. The topological polar surface area (TPSA) is 80.3 Å². The number of methoxy groups -OCH3 is 1. The second kappa shape index (κ2) is 7.45. The van der Waals surface area contributed by atoms with Crippen molar-refractivity contribution in [1.29, 1.82) is 0 Å². The lowest BCUT2D eigenvalue weighted by atomic mass is 10.2. The first-order valence-corrected chi connectivity index (χ1v) is 9.41. The summed E-state index contributed by atoms with van der Waals surface area (Å²) in [5, 5.41) is 3.14. The van der Waals surface area contributed by atoms with Crippen LogP contribution in [-0.4, -0.2) is 20.5 Å². The molecule has 2 N–H and O–H groups in total. The van der Waals surface area contributed by atoms with Crippen molar-refractivity contribution >= 4 is 27.2 Å². The number of nitrogens with one attached hydrogen (secondary N) is 2. The first kappa shape index (κ1) is 17.8. The van der Waals surface area contributed by atoms with Gasteiger partial charge in [0.25, 0.3) is 10.0 Å². The molecule has 0 spiro atoms. The Hall–Kier alpha value is -3.06. The fraction of sp³-hybridized carbons (Fsp3) is 0.105. The summed E-state index contributed by atoms with van der Waals surface area (Å²) < 4.78 is 32.4. The summed E-state index contributed by atoms with van der Waals surface area (Å²) >= 11 is 0. The summed E-state index contributed by atoms with van der Waals surface area (Å²) in [5.41, 5.74) is 2.25. The number of aryl methyl sites for hydroxylation is 1. The van der Waals surface area contributed by atoms with Gasteiger partial charge in [0.1, 0.15) is 11.6 Å². The molecule has 26 heavy (non-hydrogen) atoms. The number of pyridine rings is 1. The van der Waals surface area contributed by atoms with Gasteiger partial charge in [-0.15, -0.1) is 0 Å². The van der Waals surface area contributed by atoms with Gasteiger partial charge >= 0.3 is 0 Å². The van der Waals surface area contributed by atoms with E-state index in [9.17, 15) is 8.42 Å². The average molecular weight is 369 g/mol. The molecule has 0 unspecified atom stereocenters. The highest BCUT2D eigenvalue weighted by molar-refractivity contribution is 7.92. The number of rotatable bonds is 6. The molecule has 0 saturated heterocycles. The summed E-state index contributed by atoms with van der Waals surface area (Å²) in [6.07, 6.45) is 1.47. The van der Waals surface area contributed by atoms with Gasteiger partial charge in [0.15, 0.2) is 0 Å². The molecule has 0 aliphatic carbocycles. The molecule has 2 aromatic carbocycles. The van der Waals surface area contributed by atoms with Gasteiger partial charge in [-0.25, -0.2) is 13.4 Å². The summed E-state index contributed by atoms with van der Waals surface area (Å²) in [7, 11) is -2.02. The molecule has 0 fully saturated rings. The number of benzene rings is 2. The molecule has 1 aromatic heterocycles. The van der Waals surface area contributed by atoms with Gasteiger partial charge in [-0.3, -0.25) is 4.72 Å². The van der Waals surface area contributed by atoms with Crippen LogP contribution in [0.2, 0.25) is 0 Å². The van der Waals surface area contributed by atoms with Crippen LogP contribution in [0.4, 0.5) is 17.2 Å². The number of ether oxygens (including phenoxy) is 1. The van der Waals surface area contributed by atoms with Crippen molar-refractivity contribution in [3.63, 3.8) is 0 Å². The second-order valence-electron chi connectivity index (χ2n) is 5.70. The summed E-state index contributed by atoms with van der Waals surface area (Å²) in [4.78, 5) is 4.45. The summed E-state index contributed by atoms with van der Waals surface area (Å²) in [5.74, 6) is 1.37. The predicted octanol–water partition coefficient (Wildman–Crippen LogP) is 3.94. The molecule has 0 radical (unpaired) electrons. The maximum Gasteiger partial charge on any atom is 0.261 e. The van der Waals surface area contributed by atoms with E-state index in [1.165, 1.54) is 6.20 Å². The molecular formula is C19H19N3O3S. The Kier molecular flexibility index (Phi) is 5.09. The fourth-order valence-corrected chi connectivity index (χ4v) is 3.33. The fourth-order valence-electron chi connectivity index (χ4n) is 2.28. The van der Waals surface area contributed by atoms with Crippen LogP contribution in [0.1, 0.15) is 5.56 Å². The van der Waals surface area contributed by atoms with Crippen molar-refractivity contribution in [1.82, 2.24) is 4.98 Å². The first-order valence-electron chi connectivity index (χ1n) is 7.93. The van der Waals surface area contributed by atoms with E-state index in [2.05, 4.69) is 15.0 Å². The average Bonchev–Trinajstić information content (AvgIpc) is 2.64. The van der Waals surface area contributed by atoms with E-state index >= 15 is 0 Å². The van der Waals surface area contributed by atoms with Gasteiger partial charge in [0.2, 0.25) is 0 Å². The minimum Gasteiger partial charge on any atom is -0.497 e. The number of nitrogens with zero attached hydrogens (tertiary/aromatic N) is 1.